The van der Waals surface area contributed by atoms with Crippen LogP contribution in [0.5, 0.6) is 0 Å². The van der Waals surface area contributed by atoms with E-state index in [0.29, 0.717) is 15.7 Å². The molecule has 0 radical (unpaired) electrons. The molecule has 1 aromatic heterocycles. The highest BCUT2D eigenvalue weighted by Gasteiger charge is 2.14. The number of benzene rings is 1. The lowest BCUT2D eigenvalue weighted by molar-refractivity contribution is 0.0938. The molecule has 1 aromatic carbocycles. The second-order valence-electron chi connectivity index (χ2n) is 5.11. The smallest absolute Gasteiger partial charge is 0.274 e. The summed E-state index contributed by atoms with van der Waals surface area (Å²) < 4.78 is 0. The van der Waals surface area contributed by atoms with Crippen LogP contribution in [-0.4, -0.2) is 22.8 Å². The zero-order chi connectivity index (χ0) is 17.0. The largest absolute Gasteiger partial charge is 0.349 e. The molecule has 2 amide bonds. The standard InChI is InChI=1S/C16H15Cl2N3O2/c1-9(2)19-15(22)13-4-3-5-14(20-13)16(23)21-12-7-6-10(17)8-11(12)18/h3-9H,1-2H3,(H,19,22)(H,21,23). The van der Waals surface area contributed by atoms with Gasteiger partial charge in [0.15, 0.2) is 0 Å². The average Bonchev–Trinajstić information content (AvgIpc) is 2.49. The normalized spacial score (nSPS) is 10.5. The molecule has 0 aliphatic rings. The minimum absolute atomic E-state index is 0.0188. The van der Waals surface area contributed by atoms with Crippen molar-refractivity contribution in [2.45, 2.75) is 19.9 Å². The molecule has 5 nitrogen and oxygen atoms in total. The molecule has 120 valence electrons. The maximum absolute atomic E-state index is 12.3. The van der Waals surface area contributed by atoms with E-state index in [2.05, 4.69) is 15.6 Å². The van der Waals surface area contributed by atoms with E-state index in [1.165, 1.54) is 12.1 Å². The van der Waals surface area contributed by atoms with E-state index in [4.69, 9.17) is 23.2 Å². The maximum Gasteiger partial charge on any atom is 0.274 e. The first kappa shape index (κ1) is 17.2. The molecular weight excluding hydrogens is 337 g/mol. The third-order valence-corrected chi connectivity index (χ3v) is 3.36. The number of hydrogen-bond acceptors (Lipinski definition) is 3. The molecule has 0 unspecified atom stereocenters. The van der Waals surface area contributed by atoms with Crippen LogP contribution in [-0.2, 0) is 0 Å². The lowest BCUT2D eigenvalue weighted by atomic mass is 10.2. The van der Waals surface area contributed by atoms with Crippen LogP contribution >= 0.6 is 23.2 Å². The molecule has 7 heteroatoms. The number of hydrogen-bond donors (Lipinski definition) is 2. The summed E-state index contributed by atoms with van der Waals surface area (Å²) in [5.74, 6) is -0.799. The Morgan fingerprint density at radius 1 is 1.04 bits per heavy atom. The second kappa shape index (κ2) is 7.44. The molecule has 0 saturated heterocycles. The van der Waals surface area contributed by atoms with Crippen molar-refractivity contribution < 1.29 is 9.59 Å². The Bertz CT molecular complexity index is 748. The summed E-state index contributed by atoms with van der Waals surface area (Å²) in [5, 5.41) is 6.15. The van der Waals surface area contributed by atoms with E-state index in [1.54, 1.807) is 24.3 Å². The van der Waals surface area contributed by atoms with Crippen LogP contribution in [0, 0.1) is 0 Å². The Kier molecular flexibility index (Phi) is 5.58. The molecule has 0 spiro atoms. The number of carbonyl (C=O) groups is 2. The molecule has 0 saturated carbocycles. The number of rotatable bonds is 4. The van der Waals surface area contributed by atoms with Gasteiger partial charge in [-0.15, -0.1) is 0 Å². The fourth-order valence-electron chi connectivity index (χ4n) is 1.80. The lowest BCUT2D eigenvalue weighted by Crippen LogP contribution is -2.31. The summed E-state index contributed by atoms with van der Waals surface area (Å²) in [6.07, 6.45) is 0. The predicted molar refractivity (Wildman–Crippen MR) is 91.3 cm³/mol. The molecule has 2 N–H and O–H groups in total. The van der Waals surface area contributed by atoms with Crippen molar-refractivity contribution in [1.82, 2.24) is 10.3 Å². The summed E-state index contributed by atoms with van der Waals surface area (Å²) in [5.41, 5.74) is 0.709. The van der Waals surface area contributed by atoms with E-state index in [1.807, 2.05) is 13.8 Å². The summed E-state index contributed by atoms with van der Waals surface area (Å²) in [4.78, 5) is 28.3. The van der Waals surface area contributed by atoms with Crippen LogP contribution in [0.25, 0.3) is 0 Å². The van der Waals surface area contributed by atoms with E-state index >= 15 is 0 Å². The number of aromatic nitrogens is 1. The zero-order valence-electron chi connectivity index (χ0n) is 12.6. The fourth-order valence-corrected chi connectivity index (χ4v) is 2.26. The first-order valence-corrected chi connectivity index (χ1v) is 7.66. The van der Waals surface area contributed by atoms with Crippen molar-refractivity contribution in [3.63, 3.8) is 0 Å². The highest BCUT2D eigenvalue weighted by molar-refractivity contribution is 6.36. The van der Waals surface area contributed by atoms with Crippen LogP contribution < -0.4 is 10.6 Å². The molecule has 0 aliphatic heterocycles. The predicted octanol–water partition coefficient (Wildman–Crippen LogP) is 3.78. The summed E-state index contributed by atoms with van der Waals surface area (Å²) >= 11 is 11.8. The Hall–Kier alpha value is -2.11. The monoisotopic (exact) mass is 351 g/mol. The van der Waals surface area contributed by atoms with E-state index in [9.17, 15) is 9.59 Å². The van der Waals surface area contributed by atoms with Gasteiger partial charge >= 0.3 is 0 Å². The number of anilines is 1. The fraction of sp³-hybridized carbons (Fsp3) is 0.188. The summed E-state index contributed by atoms with van der Waals surface area (Å²) in [6.45, 7) is 3.69. The number of carbonyl (C=O) groups excluding carboxylic acids is 2. The van der Waals surface area contributed by atoms with Crippen LogP contribution in [0.2, 0.25) is 10.0 Å². The van der Waals surface area contributed by atoms with Gasteiger partial charge in [-0.2, -0.15) is 0 Å². The molecule has 0 fully saturated rings. The average molecular weight is 352 g/mol. The van der Waals surface area contributed by atoms with Crippen LogP contribution in [0.3, 0.4) is 0 Å². The van der Waals surface area contributed by atoms with Gasteiger partial charge in [-0.1, -0.05) is 29.3 Å². The van der Waals surface area contributed by atoms with E-state index < -0.39 is 5.91 Å². The second-order valence-corrected chi connectivity index (χ2v) is 5.96. The van der Waals surface area contributed by atoms with Gasteiger partial charge in [0.1, 0.15) is 11.4 Å². The zero-order valence-corrected chi connectivity index (χ0v) is 14.1. The van der Waals surface area contributed by atoms with Crippen LogP contribution in [0.1, 0.15) is 34.8 Å². The molecule has 1 heterocycles. The highest BCUT2D eigenvalue weighted by atomic mass is 35.5. The Morgan fingerprint density at radius 3 is 2.30 bits per heavy atom. The SMILES string of the molecule is CC(C)NC(=O)c1cccc(C(=O)Nc2ccc(Cl)cc2Cl)n1. The van der Waals surface area contributed by atoms with Crippen molar-refractivity contribution in [3.05, 3.63) is 57.8 Å². The van der Waals surface area contributed by atoms with Gasteiger partial charge in [-0.3, -0.25) is 9.59 Å². The highest BCUT2D eigenvalue weighted by Crippen LogP contribution is 2.25. The summed E-state index contributed by atoms with van der Waals surface area (Å²) in [6, 6.07) is 9.38. The molecular formula is C16H15Cl2N3O2. The van der Waals surface area contributed by atoms with Gasteiger partial charge in [0.25, 0.3) is 11.8 Å². The molecule has 2 aromatic rings. The van der Waals surface area contributed by atoms with Crippen molar-refractivity contribution in [3.8, 4) is 0 Å². The van der Waals surface area contributed by atoms with Crippen LogP contribution in [0.4, 0.5) is 5.69 Å². The number of halogens is 2. The van der Waals surface area contributed by atoms with Gasteiger partial charge in [0, 0.05) is 11.1 Å². The molecule has 0 atom stereocenters. The Morgan fingerprint density at radius 2 is 1.70 bits per heavy atom. The van der Waals surface area contributed by atoms with E-state index in [0.717, 1.165) is 0 Å². The molecule has 0 aliphatic carbocycles. The minimum Gasteiger partial charge on any atom is -0.349 e. The van der Waals surface area contributed by atoms with Gasteiger partial charge in [0.2, 0.25) is 0 Å². The van der Waals surface area contributed by atoms with Crippen LogP contribution in [0.15, 0.2) is 36.4 Å². The lowest BCUT2D eigenvalue weighted by Gasteiger charge is -2.10. The van der Waals surface area contributed by atoms with Crippen molar-refractivity contribution in [2.75, 3.05) is 5.32 Å². The minimum atomic E-state index is -0.464. The third kappa shape index (κ3) is 4.68. The number of amides is 2. The molecule has 23 heavy (non-hydrogen) atoms. The van der Waals surface area contributed by atoms with Crippen molar-refractivity contribution in [1.29, 1.82) is 0 Å². The van der Waals surface area contributed by atoms with Gasteiger partial charge in [0.05, 0.1) is 10.7 Å². The van der Waals surface area contributed by atoms with Gasteiger partial charge in [-0.05, 0) is 44.2 Å². The number of nitrogens with one attached hydrogen (secondary N) is 2. The number of nitrogens with zero attached hydrogens (tertiary/aromatic N) is 1. The quantitative estimate of drug-likeness (QED) is 0.880. The topological polar surface area (TPSA) is 71.1 Å². The molecule has 0 bridgehead atoms. The third-order valence-electron chi connectivity index (χ3n) is 2.81. The van der Waals surface area contributed by atoms with Gasteiger partial charge in [-0.25, -0.2) is 4.98 Å². The molecule has 2 rings (SSSR count). The van der Waals surface area contributed by atoms with Gasteiger partial charge < -0.3 is 10.6 Å². The van der Waals surface area contributed by atoms with Crippen molar-refractivity contribution in [2.24, 2.45) is 0 Å². The van der Waals surface area contributed by atoms with E-state index in [-0.39, 0.29) is 23.3 Å². The summed E-state index contributed by atoms with van der Waals surface area (Å²) in [7, 11) is 0. The first-order valence-electron chi connectivity index (χ1n) is 6.91. The van der Waals surface area contributed by atoms with Crippen molar-refractivity contribution >= 4 is 40.7 Å². The Balaban J connectivity index is 2.18. The maximum atomic E-state index is 12.3. The number of pyridine rings is 1. The first-order chi connectivity index (χ1) is 10.9. The Labute approximate surface area is 144 Å².